The predicted octanol–water partition coefficient (Wildman–Crippen LogP) is 4.56. The first kappa shape index (κ1) is 12.3. The minimum Gasteiger partial charge on any atom is -0.452 e. The van der Waals surface area contributed by atoms with Crippen molar-refractivity contribution in [2.24, 2.45) is 5.41 Å². The van der Waals surface area contributed by atoms with Gasteiger partial charge in [0.2, 0.25) is 5.78 Å². The number of ketones is 1. The third-order valence-corrected chi connectivity index (χ3v) is 3.03. The molecule has 1 heterocycles. The van der Waals surface area contributed by atoms with Gasteiger partial charge in [-0.1, -0.05) is 20.8 Å². The maximum absolute atomic E-state index is 13.2. The summed E-state index contributed by atoms with van der Waals surface area (Å²) in [5.41, 5.74) is -0.0159. The number of Topliss-reactive ketones (excluding diaryl/α,β-unsaturated/α-hetero) is 1. The van der Waals surface area contributed by atoms with Gasteiger partial charge >= 0.3 is 0 Å². The van der Waals surface area contributed by atoms with Crippen LogP contribution in [0.15, 0.2) is 27.1 Å². The average Bonchev–Trinajstić information content (AvgIpc) is 2.58. The minimum atomic E-state index is -0.515. The number of rotatable bonds is 1. The summed E-state index contributed by atoms with van der Waals surface area (Å²) in [6, 6.07) is 4.25. The van der Waals surface area contributed by atoms with E-state index in [1.54, 1.807) is 6.07 Å². The van der Waals surface area contributed by atoms with E-state index >= 15 is 0 Å². The molecule has 0 N–H and O–H groups in total. The van der Waals surface area contributed by atoms with E-state index in [0.717, 1.165) is 0 Å². The Balaban J connectivity index is 2.60. The first-order valence-electron chi connectivity index (χ1n) is 5.22. The van der Waals surface area contributed by atoms with E-state index in [1.165, 1.54) is 12.1 Å². The molecule has 0 aliphatic carbocycles. The van der Waals surface area contributed by atoms with E-state index in [0.29, 0.717) is 15.4 Å². The normalized spacial score (nSPS) is 12.1. The lowest BCUT2D eigenvalue weighted by Gasteiger charge is -2.13. The molecule has 1 aromatic heterocycles. The largest absolute Gasteiger partial charge is 0.452 e. The Morgan fingerprint density at radius 3 is 2.53 bits per heavy atom. The molecule has 0 spiro atoms. The summed E-state index contributed by atoms with van der Waals surface area (Å²) in [7, 11) is 0. The van der Waals surface area contributed by atoms with E-state index in [9.17, 15) is 9.18 Å². The quantitative estimate of drug-likeness (QED) is 0.722. The van der Waals surface area contributed by atoms with Gasteiger partial charge in [0, 0.05) is 10.8 Å². The lowest BCUT2D eigenvalue weighted by Crippen LogP contribution is -2.19. The second kappa shape index (κ2) is 3.95. The SMILES string of the molecule is CC(C)(C)C(=O)c1cc2cc(F)cc(Br)c2o1. The summed E-state index contributed by atoms with van der Waals surface area (Å²) in [5.74, 6) is -0.195. The zero-order chi connectivity index (χ0) is 12.8. The van der Waals surface area contributed by atoms with E-state index in [4.69, 9.17) is 4.42 Å². The number of halogens is 2. The predicted molar refractivity (Wildman–Crippen MR) is 67.7 cm³/mol. The Bertz CT molecular complexity index is 593. The van der Waals surface area contributed by atoms with Gasteiger partial charge in [-0.3, -0.25) is 4.79 Å². The third kappa shape index (κ3) is 2.27. The van der Waals surface area contributed by atoms with Gasteiger partial charge in [0.1, 0.15) is 11.4 Å². The molecule has 4 heteroatoms. The Morgan fingerprint density at radius 2 is 1.94 bits per heavy atom. The molecule has 0 amide bonds. The molecule has 2 nitrogen and oxygen atoms in total. The lowest BCUT2D eigenvalue weighted by molar-refractivity contribution is 0.0831. The van der Waals surface area contributed by atoms with Gasteiger partial charge in [-0.2, -0.15) is 0 Å². The minimum absolute atomic E-state index is 0.0963. The second-order valence-corrected chi connectivity index (χ2v) is 5.85. The molecule has 2 rings (SSSR count). The van der Waals surface area contributed by atoms with Crippen LogP contribution in [-0.4, -0.2) is 5.78 Å². The molecule has 0 saturated carbocycles. The van der Waals surface area contributed by atoms with Crippen LogP contribution in [0.1, 0.15) is 31.3 Å². The summed E-state index contributed by atoms with van der Waals surface area (Å²) in [4.78, 5) is 12.0. The van der Waals surface area contributed by atoms with Gasteiger partial charge in [0.25, 0.3) is 0 Å². The molecule has 0 atom stereocenters. The lowest BCUT2D eigenvalue weighted by atomic mass is 9.89. The molecule has 0 saturated heterocycles. The Labute approximate surface area is 107 Å². The van der Waals surface area contributed by atoms with E-state index in [1.807, 2.05) is 20.8 Å². The fourth-order valence-electron chi connectivity index (χ4n) is 1.56. The molecular formula is C13H12BrFO2. The van der Waals surface area contributed by atoms with Crippen molar-refractivity contribution >= 4 is 32.7 Å². The van der Waals surface area contributed by atoms with Crippen molar-refractivity contribution in [3.05, 3.63) is 34.2 Å². The van der Waals surface area contributed by atoms with Crippen LogP contribution in [0.2, 0.25) is 0 Å². The molecule has 0 aliphatic heterocycles. The standard InChI is InChI=1S/C13H12BrFO2/c1-13(2,3)12(16)10-5-7-4-8(15)6-9(14)11(7)17-10/h4-6H,1-3H3. The highest BCUT2D eigenvalue weighted by Gasteiger charge is 2.26. The van der Waals surface area contributed by atoms with Crippen LogP contribution in [0.25, 0.3) is 11.0 Å². The van der Waals surface area contributed by atoms with Gasteiger partial charge in [0.15, 0.2) is 5.76 Å². The van der Waals surface area contributed by atoms with Gasteiger partial charge in [-0.05, 0) is 34.1 Å². The van der Waals surface area contributed by atoms with E-state index in [2.05, 4.69) is 15.9 Å². The van der Waals surface area contributed by atoms with Crippen molar-refractivity contribution < 1.29 is 13.6 Å². The van der Waals surface area contributed by atoms with Gasteiger partial charge in [-0.25, -0.2) is 4.39 Å². The second-order valence-electron chi connectivity index (χ2n) is 5.00. The van der Waals surface area contributed by atoms with Crippen molar-refractivity contribution in [1.82, 2.24) is 0 Å². The highest BCUT2D eigenvalue weighted by atomic mass is 79.9. The molecule has 0 bridgehead atoms. The Hall–Kier alpha value is -1.16. The van der Waals surface area contributed by atoms with Crippen molar-refractivity contribution in [2.75, 3.05) is 0 Å². The molecule has 90 valence electrons. The monoisotopic (exact) mass is 298 g/mol. The Kier molecular flexibility index (Phi) is 2.86. The molecule has 0 fully saturated rings. The smallest absolute Gasteiger partial charge is 0.203 e. The number of hydrogen-bond donors (Lipinski definition) is 0. The summed E-state index contributed by atoms with van der Waals surface area (Å²) in [6.45, 7) is 5.45. The van der Waals surface area contributed by atoms with E-state index < -0.39 is 5.41 Å². The molecule has 0 unspecified atom stereocenters. The van der Waals surface area contributed by atoms with Crippen molar-refractivity contribution in [3.8, 4) is 0 Å². The Morgan fingerprint density at radius 1 is 1.29 bits per heavy atom. The van der Waals surface area contributed by atoms with Gasteiger partial charge < -0.3 is 4.42 Å². The third-order valence-electron chi connectivity index (χ3n) is 2.44. The zero-order valence-corrected chi connectivity index (χ0v) is 11.4. The first-order chi connectivity index (χ1) is 7.79. The highest BCUT2D eigenvalue weighted by Crippen LogP contribution is 2.31. The number of fused-ring (bicyclic) bond motifs is 1. The average molecular weight is 299 g/mol. The molecule has 17 heavy (non-hydrogen) atoms. The van der Waals surface area contributed by atoms with Crippen molar-refractivity contribution in [2.45, 2.75) is 20.8 Å². The molecule has 0 aliphatic rings. The van der Waals surface area contributed by atoms with Crippen LogP contribution in [0.5, 0.6) is 0 Å². The topological polar surface area (TPSA) is 30.2 Å². The van der Waals surface area contributed by atoms with E-state index in [-0.39, 0.29) is 17.4 Å². The van der Waals surface area contributed by atoms with Crippen LogP contribution in [0, 0.1) is 11.2 Å². The maximum atomic E-state index is 13.2. The molecule has 0 radical (unpaired) electrons. The van der Waals surface area contributed by atoms with Crippen molar-refractivity contribution in [1.29, 1.82) is 0 Å². The van der Waals surface area contributed by atoms with Crippen LogP contribution in [0.3, 0.4) is 0 Å². The number of furan rings is 1. The highest BCUT2D eigenvalue weighted by molar-refractivity contribution is 9.10. The fraction of sp³-hybridized carbons (Fsp3) is 0.308. The summed E-state index contributed by atoms with van der Waals surface area (Å²) < 4.78 is 19.2. The number of hydrogen-bond acceptors (Lipinski definition) is 2. The summed E-state index contributed by atoms with van der Waals surface area (Å²) in [5, 5.41) is 0.587. The van der Waals surface area contributed by atoms with Gasteiger partial charge in [0.05, 0.1) is 4.47 Å². The van der Waals surface area contributed by atoms with Crippen LogP contribution in [-0.2, 0) is 0 Å². The summed E-state index contributed by atoms with van der Waals surface area (Å²) in [6.07, 6.45) is 0. The first-order valence-corrected chi connectivity index (χ1v) is 6.02. The fourth-order valence-corrected chi connectivity index (χ4v) is 2.09. The van der Waals surface area contributed by atoms with Gasteiger partial charge in [-0.15, -0.1) is 0 Å². The number of benzene rings is 1. The molecular weight excluding hydrogens is 287 g/mol. The van der Waals surface area contributed by atoms with Crippen molar-refractivity contribution in [3.63, 3.8) is 0 Å². The molecule has 1 aromatic carbocycles. The van der Waals surface area contributed by atoms with Crippen LogP contribution >= 0.6 is 15.9 Å². The number of carbonyl (C=O) groups is 1. The number of carbonyl (C=O) groups excluding carboxylic acids is 1. The molecule has 2 aromatic rings. The van der Waals surface area contributed by atoms with Crippen LogP contribution in [0.4, 0.5) is 4.39 Å². The summed E-state index contributed by atoms with van der Waals surface area (Å²) >= 11 is 3.22. The zero-order valence-electron chi connectivity index (χ0n) is 9.80. The van der Waals surface area contributed by atoms with Crippen LogP contribution < -0.4 is 0 Å². The maximum Gasteiger partial charge on any atom is 0.203 e.